The van der Waals surface area contributed by atoms with E-state index in [1.807, 2.05) is 6.08 Å². The average Bonchev–Trinajstić information content (AvgIpc) is 3.33. The molecule has 0 aliphatic carbocycles. The van der Waals surface area contributed by atoms with Crippen LogP contribution >= 0.6 is 0 Å². The van der Waals surface area contributed by atoms with Crippen molar-refractivity contribution in [2.24, 2.45) is 0 Å². The number of rotatable bonds is 46. The van der Waals surface area contributed by atoms with E-state index >= 15 is 0 Å². The monoisotopic (exact) mass is 950 g/mol. The number of unbranched alkanes of at least 4 members (excludes halogenated alkanes) is 26. The number of carbonyl (C=O) groups excluding carboxylic acids is 1. The Morgan fingerprint density at radius 1 is 0.522 bits per heavy atom. The summed E-state index contributed by atoms with van der Waals surface area (Å²) in [7, 11) is 0. The predicted octanol–water partition coefficient (Wildman–Crippen LogP) is 10.9. The van der Waals surface area contributed by atoms with Gasteiger partial charge in [0.1, 0.15) is 36.6 Å². The van der Waals surface area contributed by atoms with Crippen molar-refractivity contribution in [2.75, 3.05) is 13.2 Å². The molecule has 1 heterocycles. The molecule has 1 aliphatic rings. The first-order valence-corrected chi connectivity index (χ1v) is 27.5. The molecule has 0 aromatic rings. The third kappa shape index (κ3) is 34.1. The van der Waals surface area contributed by atoms with Crippen molar-refractivity contribution in [1.82, 2.24) is 5.32 Å². The number of aliphatic hydroxyl groups excluding tert-OH is 7. The Bertz CT molecular complexity index is 1230. The number of carbonyl (C=O) groups is 1. The summed E-state index contributed by atoms with van der Waals surface area (Å²) in [6.45, 7) is 3.34. The van der Waals surface area contributed by atoms with E-state index in [1.165, 1.54) is 135 Å². The second kappa shape index (κ2) is 45.2. The van der Waals surface area contributed by atoms with Gasteiger partial charge < -0.3 is 50.5 Å². The number of nitrogens with one attached hydrogen (secondary N) is 1. The lowest BCUT2D eigenvalue weighted by molar-refractivity contribution is -0.303. The Hall–Kier alpha value is -1.93. The van der Waals surface area contributed by atoms with Gasteiger partial charge in [-0.15, -0.1) is 0 Å². The van der Waals surface area contributed by atoms with E-state index in [-0.39, 0.29) is 12.8 Å². The lowest BCUT2D eigenvalue weighted by Crippen LogP contribution is -2.60. The zero-order valence-corrected chi connectivity index (χ0v) is 42.6. The van der Waals surface area contributed by atoms with E-state index in [1.54, 1.807) is 0 Å². The highest BCUT2D eigenvalue weighted by Crippen LogP contribution is 2.23. The lowest BCUT2D eigenvalue weighted by atomic mass is 9.98. The molecule has 9 unspecified atom stereocenters. The highest BCUT2D eigenvalue weighted by atomic mass is 16.7. The van der Waals surface area contributed by atoms with E-state index in [0.29, 0.717) is 19.3 Å². The number of amides is 1. The van der Waals surface area contributed by atoms with E-state index in [2.05, 4.69) is 61.7 Å². The van der Waals surface area contributed by atoms with E-state index in [9.17, 15) is 40.5 Å². The molecule has 0 radical (unpaired) electrons. The Labute approximate surface area is 409 Å². The van der Waals surface area contributed by atoms with E-state index in [4.69, 9.17) is 9.47 Å². The summed E-state index contributed by atoms with van der Waals surface area (Å²) >= 11 is 0. The van der Waals surface area contributed by atoms with E-state index < -0.39 is 74.2 Å². The summed E-state index contributed by atoms with van der Waals surface area (Å²) in [5.41, 5.74) is 0. The molecule has 11 heteroatoms. The summed E-state index contributed by atoms with van der Waals surface area (Å²) in [4.78, 5) is 13.1. The molecule has 67 heavy (non-hydrogen) atoms. The topological polar surface area (TPSA) is 189 Å². The first-order chi connectivity index (χ1) is 32.7. The fourth-order valence-corrected chi connectivity index (χ4v) is 8.55. The van der Waals surface area contributed by atoms with Crippen LogP contribution in [0.4, 0.5) is 0 Å². The van der Waals surface area contributed by atoms with Gasteiger partial charge in [-0.2, -0.15) is 0 Å². The van der Waals surface area contributed by atoms with Gasteiger partial charge in [0.15, 0.2) is 6.29 Å². The van der Waals surface area contributed by atoms with Crippen LogP contribution in [0, 0.1) is 0 Å². The minimum Gasteiger partial charge on any atom is -0.394 e. The Kier molecular flexibility index (Phi) is 42.6. The van der Waals surface area contributed by atoms with Crippen LogP contribution < -0.4 is 5.32 Å². The molecular weight excluding hydrogens is 847 g/mol. The molecule has 1 fully saturated rings. The van der Waals surface area contributed by atoms with Crippen LogP contribution in [-0.2, 0) is 14.3 Å². The van der Waals surface area contributed by atoms with Crippen LogP contribution in [0.3, 0.4) is 0 Å². The van der Waals surface area contributed by atoms with Crippen molar-refractivity contribution in [3.05, 3.63) is 48.6 Å². The van der Waals surface area contributed by atoms with Crippen LogP contribution in [0.2, 0.25) is 0 Å². The van der Waals surface area contributed by atoms with Gasteiger partial charge >= 0.3 is 0 Å². The highest BCUT2D eigenvalue weighted by Gasteiger charge is 2.44. The third-order valence-electron chi connectivity index (χ3n) is 13.1. The van der Waals surface area contributed by atoms with Crippen LogP contribution in [0.25, 0.3) is 0 Å². The molecule has 9 atom stereocenters. The maximum Gasteiger partial charge on any atom is 0.249 e. The molecule has 0 saturated carbocycles. The average molecular weight is 950 g/mol. The molecule has 392 valence electrons. The number of allylic oxidation sites excluding steroid dienone is 8. The highest BCUT2D eigenvalue weighted by molar-refractivity contribution is 5.80. The quantitative estimate of drug-likeness (QED) is 0.0215. The minimum atomic E-state index is -1.67. The van der Waals surface area contributed by atoms with Gasteiger partial charge in [-0.05, 0) is 77.0 Å². The summed E-state index contributed by atoms with van der Waals surface area (Å²) in [5.74, 6) is -0.713. The number of aliphatic hydroxyl groups is 7. The molecule has 1 rings (SSSR count). The smallest absolute Gasteiger partial charge is 0.249 e. The van der Waals surface area contributed by atoms with Gasteiger partial charge in [0.25, 0.3) is 0 Å². The minimum absolute atomic E-state index is 0.244. The molecular formula is C56H103NO10. The standard InChI is InChI=1S/C56H103NO10/c1-3-5-7-9-11-13-15-16-17-18-19-20-21-22-23-24-25-26-27-28-29-30-31-32-33-34-36-38-40-42-44-49(60)55(65)57-47(46-66-56-54(64)53(63)52(62)50(45-58)67-56)51(61)48(59)43-41-39-37-35-14-12-10-8-6-4-2/h8,10,19-20,22-23,35,37,47-54,56,58-64H,3-7,9,11-18,21,24-34,36,38-46H2,1-2H3,(H,57,65)/b10-8+,20-19-,23-22-,37-35+. The zero-order valence-electron chi connectivity index (χ0n) is 42.6. The molecule has 0 spiro atoms. The van der Waals surface area contributed by atoms with Gasteiger partial charge in [0.2, 0.25) is 5.91 Å². The number of hydrogen-bond donors (Lipinski definition) is 8. The second-order valence-corrected chi connectivity index (χ2v) is 19.3. The van der Waals surface area contributed by atoms with Gasteiger partial charge in [-0.25, -0.2) is 0 Å². The van der Waals surface area contributed by atoms with Crippen LogP contribution in [0.1, 0.15) is 232 Å². The van der Waals surface area contributed by atoms with Crippen molar-refractivity contribution < 1.29 is 50.0 Å². The molecule has 8 N–H and O–H groups in total. The van der Waals surface area contributed by atoms with Crippen LogP contribution in [-0.4, -0.2) is 110 Å². The molecule has 11 nitrogen and oxygen atoms in total. The summed E-state index contributed by atoms with van der Waals surface area (Å²) in [5, 5.41) is 75.7. The number of hydrogen-bond acceptors (Lipinski definition) is 10. The summed E-state index contributed by atoms with van der Waals surface area (Å²) < 4.78 is 11.1. The van der Waals surface area contributed by atoms with Crippen LogP contribution in [0.5, 0.6) is 0 Å². The first kappa shape index (κ1) is 63.1. The predicted molar refractivity (Wildman–Crippen MR) is 275 cm³/mol. The van der Waals surface area contributed by atoms with Crippen molar-refractivity contribution in [2.45, 2.75) is 287 Å². The Balaban J connectivity index is 2.22. The third-order valence-corrected chi connectivity index (χ3v) is 13.1. The molecule has 0 aromatic carbocycles. The maximum atomic E-state index is 13.1. The Morgan fingerprint density at radius 3 is 1.48 bits per heavy atom. The van der Waals surface area contributed by atoms with Crippen molar-refractivity contribution in [1.29, 1.82) is 0 Å². The molecule has 0 bridgehead atoms. The SMILES string of the molecule is CCC/C=C/CC/C=C/CCCC(O)C(O)C(COC1OC(CO)C(O)C(O)C1O)NC(=O)C(O)CCCCCCCCCCCCCCCC/C=C\C/C=C\CCCCCCCCCCC. The Morgan fingerprint density at radius 2 is 0.970 bits per heavy atom. The first-order valence-electron chi connectivity index (χ1n) is 27.5. The maximum absolute atomic E-state index is 13.1. The normalized spacial score (nSPS) is 21.0. The van der Waals surface area contributed by atoms with Crippen molar-refractivity contribution >= 4 is 5.91 Å². The van der Waals surface area contributed by atoms with Gasteiger partial charge in [-0.1, -0.05) is 204 Å². The summed E-state index contributed by atoms with van der Waals surface area (Å²) in [6, 6.07) is -1.19. The van der Waals surface area contributed by atoms with Crippen molar-refractivity contribution in [3.8, 4) is 0 Å². The fourth-order valence-electron chi connectivity index (χ4n) is 8.55. The zero-order chi connectivity index (χ0) is 49.0. The lowest BCUT2D eigenvalue weighted by Gasteiger charge is -2.40. The fraction of sp³-hybridized carbons (Fsp3) is 0.839. The van der Waals surface area contributed by atoms with Gasteiger partial charge in [-0.3, -0.25) is 4.79 Å². The number of ether oxygens (including phenoxy) is 2. The molecule has 0 aromatic heterocycles. The summed E-state index contributed by atoms with van der Waals surface area (Å²) in [6.07, 6.45) is 44.9. The molecule has 1 saturated heterocycles. The van der Waals surface area contributed by atoms with Gasteiger partial charge in [0, 0.05) is 0 Å². The van der Waals surface area contributed by atoms with Gasteiger partial charge in [0.05, 0.1) is 25.4 Å². The molecule has 1 amide bonds. The largest absolute Gasteiger partial charge is 0.394 e. The van der Waals surface area contributed by atoms with E-state index in [0.717, 1.165) is 51.4 Å². The van der Waals surface area contributed by atoms with Crippen LogP contribution in [0.15, 0.2) is 48.6 Å². The van der Waals surface area contributed by atoms with Crippen molar-refractivity contribution in [3.63, 3.8) is 0 Å². The molecule has 1 aliphatic heterocycles. The second-order valence-electron chi connectivity index (χ2n) is 19.3.